The Morgan fingerprint density at radius 3 is 2.46 bits per heavy atom. The molecule has 1 aliphatic heterocycles. The minimum Gasteiger partial charge on any atom is -0.507 e. The molecule has 0 bridgehead atoms. The standard InChI is InChI=1S/C30H22N2O5/c1-2-37-25-16-20(12-15-24(25)33)27-26(28(34)23-9-5-7-19-6-3-4-8-22(19)23)29(35)30(36)32(27)21-13-10-18(17-31)11-14-21/h3-16,27,33-34H,2H2,1H3/b28-26+. The first-order chi connectivity index (χ1) is 17.9. The van der Waals surface area contributed by atoms with Crippen LogP contribution in [-0.2, 0) is 9.59 Å². The zero-order valence-electron chi connectivity index (χ0n) is 19.9. The molecule has 4 aromatic carbocycles. The highest BCUT2D eigenvalue weighted by molar-refractivity contribution is 6.51. The third-order valence-corrected chi connectivity index (χ3v) is 6.36. The van der Waals surface area contributed by atoms with Gasteiger partial charge in [0, 0.05) is 11.3 Å². The maximum Gasteiger partial charge on any atom is 0.300 e. The quantitative estimate of drug-likeness (QED) is 0.219. The number of hydrogen-bond acceptors (Lipinski definition) is 6. The first-order valence-corrected chi connectivity index (χ1v) is 11.7. The number of rotatable bonds is 5. The summed E-state index contributed by atoms with van der Waals surface area (Å²) in [7, 11) is 0. The Labute approximate surface area is 213 Å². The van der Waals surface area contributed by atoms with Crippen LogP contribution in [0.15, 0.2) is 90.5 Å². The minimum absolute atomic E-state index is 0.0844. The summed E-state index contributed by atoms with van der Waals surface area (Å²) in [4.78, 5) is 28.2. The lowest BCUT2D eigenvalue weighted by molar-refractivity contribution is -0.132. The van der Waals surface area contributed by atoms with E-state index in [1.807, 2.05) is 36.4 Å². The van der Waals surface area contributed by atoms with Gasteiger partial charge in [-0.05, 0) is 59.7 Å². The lowest BCUT2D eigenvalue weighted by Crippen LogP contribution is -2.29. The summed E-state index contributed by atoms with van der Waals surface area (Å²) < 4.78 is 5.55. The second-order valence-electron chi connectivity index (χ2n) is 8.51. The van der Waals surface area contributed by atoms with Crippen molar-refractivity contribution in [3.8, 4) is 17.6 Å². The van der Waals surface area contributed by atoms with Crippen LogP contribution in [0.25, 0.3) is 16.5 Å². The van der Waals surface area contributed by atoms with E-state index < -0.39 is 17.7 Å². The fourth-order valence-corrected chi connectivity index (χ4v) is 4.66. The average molecular weight is 491 g/mol. The molecule has 0 aliphatic carbocycles. The molecular weight excluding hydrogens is 468 g/mol. The molecule has 1 fully saturated rings. The number of aromatic hydroxyl groups is 1. The molecule has 1 amide bonds. The Morgan fingerprint density at radius 1 is 1.00 bits per heavy atom. The maximum absolute atomic E-state index is 13.5. The number of ether oxygens (including phenoxy) is 1. The number of Topliss-reactive ketones (excluding diaryl/α,β-unsaturated/α-hetero) is 1. The monoisotopic (exact) mass is 490 g/mol. The van der Waals surface area contributed by atoms with E-state index in [1.165, 1.54) is 11.0 Å². The number of anilines is 1. The molecule has 1 heterocycles. The van der Waals surface area contributed by atoms with Crippen LogP contribution < -0.4 is 9.64 Å². The van der Waals surface area contributed by atoms with Crippen molar-refractivity contribution in [3.05, 3.63) is 107 Å². The Balaban J connectivity index is 1.77. The molecule has 4 aromatic rings. The highest BCUT2D eigenvalue weighted by Crippen LogP contribution is 2.44. The smallest absolute Gasteiger partial charge is 0.300 e. The normalized spacial score (nSPS) is 16.6. The largest absolute Gasteiger partial charge is 0.507 e. The molecule has 2 N–H and O–H groups in total. The molecule has 7 heteroatoms. The Morgan fingerprint density at radius 2 is 1.73 bits per heavy atom. The van der Waals surface area contributed by atoms with Crippen LogP contribution in [0.3, 0.4) is 0 Å². The van der Waals surface area contributed by atoms with Gasteiger partial charge in [-0.3, -0.25) is 14.5 Å². The number of nitriles is 1. The number of aliphatic hydroxyl groups is 1. The molecule has 0 spiro atoms. The van der Waals surface area contributed by atoms with E-state index in [2.05, 4.69) is 0 Å². The number of hydrogen-bond donors (Lipinski definition) is 2. The van der Waals surface area contributed by atoms with Crippen LogP contribution in [0.5, 0.6) is 11.5 Å². The van der Waals surface area contributed by atoms with Crippen molar-refractivity contribution in [2.24, 2.45) is 0 Å². The van der Waals surface area contributed by atoms with E-state index in [1.54, 1.807) is 55.5 Å². The molecule has 0 saturated carbocycles. The molecule has 1 saturated heterocycles. The fraction of sp³-hybridized carbons (Fsp3) is 0.100. The van der Waals surface area contributed by atoms with Crippen molar-refractivity contribution in [1.82, 2.24) is 0 Å². The molecule has 1 atom stereocenters. The van der Waals surface area contributed by atoms with Crippen molar-refractivity contribution in [2.75, 3.05) is 11.5 Å². The predicted molar refractivity (Wildman–Crippen MR) is 139 cm³/mol. The van der Waals surface area contributed by atoms with Gasteiger partial charge in [0.1, 0.15) is 5.76 Å². The summed E-state index contributed by atoms with van der Waals surface area (Å²) in [5.41, 5.74) is 1.58. The second kappa shape index (κ2) is 9.51. The Hall–Kier alpha value is -5.09. The summed E-state index contributed by atoms with van der Waals surface area (Å²) in [6, 6.07) is 24.7. The topological polar surface area (TPSA) is 111 Å². The third-order valence-electron chi connectivity index (χ3n) is 6.36. The number of aliphatic hydroxyl groups excluding tert-OH is 1. The fourth-order valence-electron chi connectivity index (χ4n) is 4.66. The molecule has 7 nitrogen and oxygen atoms in total. The van der Waals surface area contributed by atoms with Crippen LogP contribution >= 0.6 is 0 Å². The number of carbonyl (C=O) groups excluding carboxylic acids is 2. The van der Waals surface area contributed by atoms with Crippen molar-refractivity contribution >= 4 is 33.9 Å². The zero-order chi connectivity index (χ0) is 26.1. The van der Waals surface area contributed by atoms with E-state index in [4.69, 9.17) is 4.74 Å². The lowest BCUT2D eigenvalue weighted by Gasteiger charge is -2.26. The first-order valence-electron chi connectivity index (χ1n) is 11.7. The van der Waals surface area contributed by atoms with E-state index in [0.29, 0.717) is 29.0 Å². The summed E-state index contributed by atoms with van der Waals surface area (Å²) in [6.45, 7) is 2.07. The molecule has 5 rings (SSSR count). The number of phenols is 1. The van der Waals surface area contributed by atoms with Gasteiger partial charge in [-0.1, -0.05) is 48.5 Å². The van der Waals surface area contributed by atoms with Gasteiger partial charge < -0.3 is 14.9 Å². The Kier molecular flexibility index (Phi) is 6.08. The average Bonchev–Trinajstić information content (AvgIpc) is 3.19. The van der Waals surface area contributed by atoms with Crippen LogP contribution in [0.4, 0.5) is 5.69 Å². The van der Waals surface area contributed by atoms with Gasteiger partial charge in [-0.25, -0.2) is 0 Å². The Bertz CT molecular complexity index is 1610. The summed E-state index contributed by atoms with van der Waals surface area (Å²) in [5, 5.41) is 32.6. The van der Waals surface area contributed by atoms with Crippen LogP contribution in [-0.4, -0.2) is 28.5 Å². The molecule has 0 aromatic heterocycles. The highest BCUT2D eigenvalue weighted by atomic mass is 16.5. The highest BCUT2D eigenvalue weighted by Gasteiger charge is 2.47. The van der Waals surface area contributed by atoms with Gasteiger partial charge in [0.2, 0.25) is 0 Å². The maximum atomic E-state index is 13.5. The van der Waals surface area contributed by atoms with Gasteiger partial charge in [0.25, 0.3) is 11.7 Å². The molecule has 182 valence electrons. The van der Waals surface area contributed by atoms with Gasteiger partial charge in [-0.15, -0.1) is 0 Å². The number of benzene rings is 4. The van der Waals surface area contributed by atoms with Crippen molar-refractivity contribution in [3.63, 3.8) is 0 Å². The number of amides is 1. The van der Waals surface area contributed by atoms with Gasteiger partial charge in [-0.2, -0.15) is 5.26 Å². The summed E-state index contributed by atoms with van der Waals surface area (Å²) >= 11 is 0. The number of ketones is 1. The van der Waals surface area contributed by atoms with Gasteiger partial charge in [0.15, 0.2) is 11.5 Å². The van der Waals surface area contributed by atoms with Gasteiger partial charge >= 0.3 is 0 Å². The van der Waals surface area contributed by atoms with E-state index in [0.717, 1.165) is 10.8 Å². The number of phenolic OH excluding ortho intramolecular Hbond substituents is 1. The van der Waals surface area contributed by atoms with Crippen LogP contribution in [0, 0.1) is 11.3 Å². The SMILES string of the molecule is CCOc1cc(C2/C(=C(\O)c3cccc4ccccc34)C(=O)C(=O)N2c2ccc(C#N)cc2)ccc1O. The molecule has 0 radical (unpaired) electrons. The van der Waals surface area contributed by atoms with Crippen LogP contribution in [0.1, 0.15) is 29.7 Å². The van der Waals surface area contributed by atoms with Crippen LogP contribution in [0.2, 0.25) is 0 Å². The third kappa shape index (κ3) is 4.05. The number of fused-ring (bicyclic) bond motifs is 1. The van der Waals surface area contributed by atoms with Crippen molar-refractivity contribution < 1.29 is 24.5 Å². The predicted octanol–water partition coefficient (Wildman–Crippen LogP) is 5.44. The molecule has 1 aliphatic rings. The van der Waals surface area contributed by atoms with Crippen molar-refractivity contribution in [1.29, 1.82) is 5.26 Å². The second-order valence-corrected chi connectivity index (χ2v) is 8.51. The number of carbonyl (C=O) groups is 2. The summed E-state index contributed by atoms with van der Waals surface area (Å²) in [6.07, 6.45) is 0. The molecular formula is C30H22N2O5. The first kappa shape index (κ1) is 23.6. The van der Waals surface area contributed by atoms with E-state index >= 15 is 0 Å². The zero-order valence-corrected chi connectivity index (χ0v) is 19.9. The van der Waals surface area contributed by atoms with E-state index in [9.17, 15) is 25.1 Å². The number of nitrogens with zero attached hydrogens (tertiary/aromatic N) is 2. The minimum atomic E-state index is -1.01. The van der Waals surface area contributed by atoms with Crippen molar-refractivity contribution in [2.45, 2.75) is 13.0 Å². The van der Waals surface area contributed by atoms with E-state index in [-0.39, 0.29) is 22.8 Å². The molecule has 37 heavy (non-hydrogen) atoms. The van der Waals surface area contributed by atoms with Gasteiger partial charge in [0.05, 0.1) is 29.9 Å². The summed E-state index contributed by atoms with van der Waals surface area (Å²) in [5.74, 6) is -1.86. The lowest BCUT2D eigenvalue weighted by atomic mass is 9.93. The molecule has 1 unspecified atom stereocenters.